The van der Waals surface area contributed by atoms with Crippen molar-refractivity contribution in [3.63, 3.8) is 0 Å². The summed E-state index contributed by atoms with van der Waals surface area (Å²) in [6.07, 6.45) is 3.18. The molecule has 0 radical (unpaired) electrons. The maximum atomic E-state index is 12.2. The Bertz CT molecular complexity index is 626. The van der Waals surface area contributed by atoms with E-state index >= 15 is 0 Å². The van der Waals surface area contributed by atoms with E-state index in [-0.39, 0.29) is 11.9 Å². The standard InChI is InChI=1S/C14H21N5O/c1-6-19-11(4)13(10(3)17-19)9(2)16-14(20)12-7-15-8-18(12)5/h7-9H,6H2,1-5H3,(H,16,20)/t9-/m1/s1. The van der Waals surface area contributed by atoms with Gasteiger partial charge in [-0.1, -0.05) is 0 Å². The van der Waals surface area contributed by atoms with E-state index in [4.69, 9.17) is 0 Å². The highest BCUT2D eigenvalue weighted by atomic mass is 16.2. The Hall–Kier alpha value is -2.11. The van der Waals surface area contributed by atoms with Crippen LogP contribution >= 0.6 is 0 Å². The average molecular weight is 275 g/mol. The van der Waals surface area contributed by atoms with Crippen molar-refractivity contribution in [2.24, 2.45) is 7.05 Å². The first-order valence-corrected chi connectivity index (χ1v) is 6.76. The minimum atomic E-state index is -0.124. The minimum absolute atomic E-state index is 0.0855. The predicted octanol–water partition coefficient (Wildman–Crippen LogP) is 1.74. The predicted molar refractivity (Wildman–Crippen MR) is 76.5 cm³/mol. The van der Waals surface area contributed by atoms with Gasteiger partial charge in [-0.15, -0.1) is 0 Å². The van der Waals surface area contributed by atoms with Crippen LogP contribution in [0.4, 0.5) is 0 Å². The molecule has 0 fully saturated rings. The van der Waals surface area contributed by atoms with Gasteiger partial charge in [0, 0.05) is 24.8 Å². The van der Waals surface area contributed by atoms with E-state index in [1.165, 1.54) is 0 Å². The van der Waals surface area contributed by atoms with E-state index in [1.54, 1.807) is 24.1 Å². The normalized spacial score (nSPS) is 12.4. The first-order chi connectivity index (χ1) is 9.45. The molecule has 108 valence electrons. The van der Waals surface area contributed by atoms with Crippen LogP contribution in [0.25, 0.3) is 0 Å². The number of nitrogens with one attached hydrogen (secondary N) is 1. The van der Waals surface area contributed by atoms with Crippen LogP contribution in [0.5, 0.6) is 0 Å². The Morgan fingerprint density at radius 3 is 2.65 bits per heavy atom. The molecular weight excluding hydrogens is 254 g/mol. The molecule has 6 heteroatoms. The van der Waals surface area contributed by atoms with Gasteiger partial charge in [-0.3, -0.25) is 9.48 Å². The lowest BCUT2D eigenvalue weighted by Crippen LogP contribution is -2.28. The van der Waals surface area contributed by atoms with Crippen molar-refractivity contribution in [3.8, 4) is 0 Å². The van der Waals surface area contributed by atoms with Crippen molar-refractivity contribution in [3.05, 3.63) is 35.2 Å². The largest absolute Gasteiger partial charge is 0.344 e. The Balaban J connectivity index is 2.21. The maximum absolute atomic E-state index is 12.2. The highest BCUT2D eigenvalue weighted by molar-refractivity contribution is 5.92. The number of carbonyl (C=O) groups is 1. The second-order valence-electron chi connectivity index (χ2n) is 4.99. The number of carbonyl (C=O) groups excluding carboxylic acids is 1. The fourth-order valence-electron chi connectivity index (χ4n) is 2.56. The van der Waals surface area contributed by atoms with Crippen LogP contribution < -0.4 is 5.32 Å². The molecule has 0 bridgehead atoms. The quantitative estimate of drug-likeness (QED) is 0.924. The van der Waals surface area contributed by atoms with Crippen LogP contribution in [0.1, 0.15) is 47.3 Å². The lowest BCUT2D eigenvalue weighted by Gasteiger charge is -2.15. The average Bonchev–Trinajstić information content (AvgIpc) is 2.93. The molecule has 0 aliphatic carbocycles. The van der Waals surface area contributed by atoms with E-state index in [1.807, 2.05) is 25.5 Å². The van der Waals surface area contributed by atoms with Crippen molar-refractivity contribution in [1.82, 2.24) is 24.6 Å². The molecule has 6 nitrogen and oxygen atoms in total. The number of hydrogen-bond acceptors (Lipinski definition) is 3. The van der Waals surface area contributed by atoms with E-state index in [2.05, 4.69) is 22.3 Å². The van der Waals surface area contributed by atoms with Crippen molar-refractivity contribution in [2.75, 3.05) is 0 Å². The van der Waals surface area contributed by atoms with Crippen molar-refractivity contribution in [2.45, 2.75) is 40.3 Å². The summed E-state index contributed by atoms with van der Waals surface area (Å²) in [5, 5.41) is 7.49. The molecule has 2 heterocycles. The van der Waals surface area contributed by atoms with Gasteiger partial charge in [0.25, 0.3) is 5.91 Å². The molecule has 1 atom stereocenters. The van der Waals surface area contributed by atoms with Crippen LogP contribution in [0.2, 0.25) is 0 Å². The molecule has 0 spiro atoms. The number of nitrogens with zero attached hydrogens (tertiary/aromatic N) is 4. The number of aryl methyl sites for hydroxylation is 3. The summed E-state index contributed by atoms with van der Waals surface area (Å²) in [5.74, 6) is -0.124. The van der Waals surface area contributed by atoms with Gasteiger partial charge >= 0.3 is 0 Å². The Morgan fingerprint density at radius 2 is 2.15 bits per heavy atom. The third-order valence-electron chi connectivity index (χ3n) is 3.57. The molecule has 0 aliphatic heterocycles. The number of rotatable bonds is 4. The van der Waals surface area contributed by atoms with E-state index in [0.29, 0.717) is 5.69 Å². The Morgan fingerprint density at radius 1 is 1.45 bits per heavy atom. The summed E-state index contributed by atoms with van der Waals surface area (Å²) in [5.41, 5.74) is 3.70. The number of amides is 1. The van der Waals surface area contributed by atoms with Gasteiger partial charge < -0.3 is 9.88 Å². The van der Waals surface area contributed by atoms with Gasteiger partial charge in [0.05, 0.1) is 24.3 Å². The molecule has 1 amide bonds. The molecule has 1 N–H and O–H groups in total. The fraction of sp³-hybridized carbons (Fsp3) is 0.500. The number of aromatic nitrogens is 4. The van der Waals surface area contributed by atoms with Gasteiger partial charge in [-0.25, -0.2) is 4.98 Å². The molecule has 0 aromatic carbocycles. The van der Waals surface area contributed by atoms with Gasteiger partial charge in [0.15, 0.2) is 0 Å². The first kappa shape index (κ1) is 14.3. The van der Waals surface area contributed by atoms with Crippen molar-refractivity contribution < 1.29 is 4.79 Å². The van der Waals surface area contributed by atoms with Crippen LogP contribution in [0.3, 0.4) is 0 Å². The molecule has 20 heavy (non-hydrogen) atoms. The Kier molecular flexibility index (Phi) is 3.92. The second kappa shape index (κ2) is 5.48. The summed E-state index contributed by atoms with van der Waals surface area (Å²) >= 11 is 0. The molecule has 0 saturated carbocycles. The maximum Gasteiger partial charge on any atom is 0.270 e. The summed E-state index contributed by atoms with van der Waals surface area (Å²) in [6.45, 7) is 8.87. The topological polar surface area (TPSA) is 64.7 Å². The summed E-state index contributed by atoms with van der Waals surface area (Å²) in [4.78, 5) is 16.2. The van der Waals surface area contributed by atoms with E-state index < -0.39 is 0 Å². The lowest BCUT2D eigenvalue weighted by molar-refractivity contribution is 0.0931. The molecule has 2 aromatic heterocycles. The number of hydrogen-bond donors (Lipinski definition) is 1. The monoisotopic (exact) mass is 275 g/mol. The minimum Gasteiger partial charge on any atom is -0.344 e. The molecule has 2 rings (SSSR count). The highest BCUT2D eigenvalue weighted by Crippen LogP contribution is 2.21. The van der Waals surface area contributed by atoms with E-state index in [0.717, 1.165) is 23.5 Å². The second-order valence-corrected chi connectivity index (χ2v) is 4.99. The van der Waals surface area contributed by atoms with Gasteiger partial charge in [-0.05, 0) is 27.7 Å². The molecule has 2 aromatic rings. The van der Waals surface area contributed by atoms with Crippen molar-refractivity contribution >= 4 is 5.91 Å². The zero-order valence-corrected chi connectivity index (χ0v) is 12.6. The lowest BCUT2D eigenvalue weighted by atomic mass is 10.1. The highest BCUT2D eigenvalue weighted by Gasteiger charge is 2.20. The molecule has 0 aliphatic rings. The van der Waals surface area contributed by atoms with Crippen LogP contribution in [0, 0.1) is 13.8 Å². The van der Waals surface area contributed by atoms with Gasteiger partial charge in [-0.2, -0.15) is 5.10 Å². The third kappa shape index (κ3) is 2.45. The fourth-order valence-corrected chi connectivity index (χ4v) is 2.56. The third-order valence-corrected chi connectivity index (χ3v) is 3.57. The van der Waals surface area contributed by atoms with Gasteiger partial charge in [0.1, 0.15) is 5.69 Å². The molecule has 0 unspecified atom stereocenters. The summed E-state index contributed by atoms with van der Waals surface area (Å²) in [6, 6.07) is -0.0855. The molecular formula is C14H21N5O. The smallest absolute Gasteiger partial charge is 0.270 e. The van der Waals surface area contributed by atoms with Gasteiger partial charge in [0.2, 0.25) is 0 Å². The van der Waals surface area contributed by atoms with Crippen LogP contribution in [0.15, 0.2) is 12.5 Å². The Labute approximate surface area is 118 Å². The number of imidazole rings is 1. The summed E-state index contributed by atoms with van der Waals surface area (Å²) < 4.78 is 3.66. The first-order valence-electron chi connectivity index (χ1n) is 6.76. The van der Waals surface area contributed by atoms with Crippen LogP contribution in [-0.2, 0) is 13.6 Å². The zero-order chi connectivity index (χ0) is 14.9. The zero-order valence-electron chi connectivity index (χ0n) is 12.6. The SMILES string of the molecule is CCn1nc(C)c([C@@H](C)NC(=O)c2cncn2C)c1C. The van der Waals surface area contributed by atoms with Crippen LogP contribution in [-0.4, -0.2) is 25.2 Å². The van der Waals surface area contributed by atoms with Crippen molar-refractivity contribution in [1.29, 1.82) is 0 Å². The summed E-state index contributed by atoms with van der Waals surface area (Å²) in [7, 11) is 1.80. The van der Waals surface area contributed by atoms with E-state index in [9.17, 15) is 4.79 Å². The molecule has 0 saturated heterocycles.